The lowest BCUT2D eigenvalue weighted by Gasteiger charge is -1.99. The van der Waals surface area contributed by atoms with Crippen LogP contribution in [0.3, 0.4) is 0 Å². The van der Waals surface area contributed by atoms with E-state index in [1.165, 1.54) is 0 Å². The summed E-state index contributed by atoms with van der Waals surface area (Å²) in [4.78, 5) is 6.30. The van der Waals surface area contributed by atoms with Crippen LogP contribution in [0.5, 0.6) is 0 Å². The molecule has 0 spiro atoms. The molecule has 3 nitrogen and oxygen atoms in total. The average molecular weight is 176 g/mol. The van der Waals surface area contributed by atoms with E-state index in [0.29, 0.717) is 0 Å². The molecule has 0 bridgehead atoms. The van der Waals surface area contributed by atoms with Crippen LogP contribution in [0.1, 0.15) is 13.8 Å². The Balaban J connectivity index is 4.43. The fourth-order valence-corrected chi connectivity index (χ4v) is 0.454. The van der Waals surface area contributed by atoms with E-state index in [1.807, 2.05) is 0 Å². The van der Waals surface area contributed by atoms with E-state index in [4.69, 9.17) is 0 Å². The van der Waals surface area contributed by atoms with Crippen LogP contribution >= 0.6 is 0 Å². The first-order valence-corrected chi connectivity index (χ1v) is 3.33. The third kappa shape index (κ3) is 5.52. The summed E-state index contributed by atoms with van der Waals surface area (Å²) in [6, 6.07) is -0.356. The summed E-state index contributed by atoms with van der Waals surface area (Å²) >= 11 is 0. The van der Waals surface area contributed by atoms with Gasteiger partial charge in [-0.25, -0.2) is 0 Å². The van der Waals surface area contributed by atoms with Crippen LogP contribution in [0, 0.1) is 0 Å². The number of aliphatic imine (C=N–C) groups is 2. The zero-order chi connectivity index (χ0) is 9.56. The maximum Gasteiger partial charge on any atom is 0.321 e. The molecule has 0 aliphatic heterocycles. The van der Waals surface area contributed by atoms with Crippen LogP contribution in [-0.2, 0) is 4.74 Å². The van der Waals surface area contributed by atoms with Crippen LogP contribution in [0.2, 0.25) is 0 Å². The van der Waals surface area contributed by atoms with E-state index in [1.54, 1.807) is 6.92 Å². The molecule has 0 rings (SSSR count). The van der Waals surface area contributed by atoms with Gasteiger partial charge in [-0.3, -0.25) is 0 Å². The van der Waals surface area contributed by atoms with Gasteiger partial charge < -0.3 is 4.74 Å². The zero-order valence-corrected chi connectivity index (χ0v) is 6.97. The molecule has 0 aromatic carbocycles. The maximum atomic E-state index is 12.2. The largest absolute Gasteiger partial charge is 0.464 e. The predicted molar refractivity (Wildman–Crippen MR) is 43.5 cm³/mol. The Kier molecular flexibility index (Phi) is 4.83. The molecule has 0 radical (unpaired) electrons. The van der Waals surface area contributed by atoms with Crippen molar-refractivity contribution in [2.24, 2.45) is 9.98 Å². The molecule has 0 aliphatic rings. The van der Waals surface area contributed by atoms with Gasteiger partial charge in [0.2, 0.25) is 5.95 Å². The summed E-state index contributed by atoms with van der Waals surface area (Å²) in [5, 5.41) is 0. The van der Waals surface area contributed by atoms with E-state index in [0.717, 1.165) is 6.92 Å². The number of rotatable bonds is 2. The van der Waals surface area contributed by atoms with Crippen molar-refractivity contribution >= 4 is 12.0 Å². The number of ether oxygens (including phenoxy) is 1. The first-order chi connectivity index (χ1) is 5.56. The smallest absolute Gasteiger partial charge is 0.321 e. The van der Waals surface area contributed by atoms with Crippen molar-refractivity contribution < 1.29 is 13.5 Å². The van der Waals surface area contributed by atoms with Gasteiger partial charge in [0.15, 0.2) is 5.97 Å². The van der Waals surface area contributed by atoms with Crippen molar-refractivity contribution in [1.29, 1.82) is 0 Å². The van der Waals surface area contributed by atoms with E-state index >= 15 is 0 Å². The summed E-state index contributed by atoms with van der Waals surface area (Å²) < 4.78 is 28.9. The second-order valence-electron chi connectivity index (χ2n) is 1.81. The van der Waals surface area contributed by atoms with Crippen molar-refractivity contribution in [3.8, 4) is 0 Å². The number of nitrogens with zero attached hydrogens (tertiary/aromatic N) is 2. The summed E-state index contributed by atoms with van der Waals surface area (Å²) in [6.07, 6.45) is 0. The van der Waals surface area contributed by atoms with Gasteiger partial charge in [0.05, 0.1) is 6.61 Å². The highest BCUT2D eigenvalue weighted by Crippen LogP contribution is 1.97. The minimum atomic E-state index is -0.969. The lowest BCUT2D eigenvalue weighted by atomic mass is 10.8. The molecule has 0 aromatic heterocycles. The second kappa shape index (κ2) is 5.40. The third-order valence-corrected chi connectivity index (χ3v) is 0.740. The highest BCUT2D eigenvalue weighted by atomic mass is 19.1. The van der Waals surface area contributed by atoms with Crippen LogP contribution in [-0.4, -0.2) is 18.6 Å². The van der Waals surface area contributed by atoms with Crippen molar-refractivity contribution in [3.63, 3.8) is 0 Å². The van der Waals surface area contributed by atoms with Crippen LogP contribution < -0.4 is 0 Å². The Morgan fingerprint density at radius 2 is 2.00 bits per heavy atom. The summed E-state index contributed by atoms with van der Waals surface area (Å²) in [5.74, 6) is -1.72. The van der Waals surface area contributed by atoms with E-state index < -0.39 is 11.9 Å². The lowest BCUT2D eigenvalue weighted by molar-refractivity contribution is 0.320. The van der Waals surface area contributed by atoms with Crippen molar-refractivity contribution in [1.82, 2.24) is 0 Å². The summed E-state index contributed by atoms with van der Waals surface area (Å²) in [5.41, 5.74) is 0. The predicted octanol–water partition coefficient (Wildman–Crippen LogP) is 2.21. The highest BCUT2D eigenvalue weighted by Gasteiger charge is 1.98. The molecule has 12 heavy (non-hydrogen) atoms. The summed E-state index contributed by atoms with van der Waals surface area (Å²) in [7, 11) is 0. The standard InChI is InChI=1S/C7H10F2N2O/c1-4-12-7(10-5(2)8)11-6(3)9/h2,4H2,1,3H3/b10-7+,11-6+. The van der Waals surface area contributed by atoms with Crippen molar-refractivity contribution in [3.05, 3.63) is 12.5 Å². The molecule has 0 amide bonds. The topological polar surface area (TPSA) is 34.0 Å². The Morgan fingerprint density at radius 3 is 2.33 bits per heavy atom. The molecule has 0 N–H and O–H groups in total. The monoisotopic (exact) mass is 176 g/mol. The molecule has 5 heteroatoms. The van der Waals surface area contributed by atoms with Gasteiger partial charge in [-0.1, -0.05) is 0 Å². The van der Waals surface area contributed by atoms with Gasteiger partial charge in [0, 0.05) is 6.92 Å². The van der Waals surface area contributed by atoms with E-state index in [9.17, 15) is 8.78 Å². The normalized spacial score (nSPS) is 13.0. The number of hydrogen-bond acceptors (Lipinski definition) is 2. The van der Waals surface area contributed by atoms with Crippen LogP contribution in [0.4, 0.5) is 8.78 Å². The molecule has 0 aromatic rings. The molecule has 0 atom stereocenters. The molecular formula is C7H10F2N2O. The second-order valence-corrected chi connectivity index (χ2v) is 1.81. The Labute approximate surface area is 69.5 Å². The molecule has 0 saturated heterocycles. The molecule has 0 aliphatic carbocycles. The SMILES string of the molecule is C=C(F)/N=C(\N=C(/C)F)OCC. The Hall–Kier alpha value is -1.26. The fraction of sp³-hybridized carbons (Fsp3) is 0.429. The summed E-state index contributed by atoms with van der Waals surface area (Å²) in [6.45, 7) is 5.86. The average Bonchev–Trinajstić information content (AvgIpc) is 1.84. The van der Waals surface area contributed by atoms with E-state index in [-0.39, 0.29) is 12.6 Å². The van der Waals surface area contributed by atoms with E-state index in [2.05, 4.69) is 21.3 Å². The first-order valence-electron chi connectivity index (χ1n) is 3.33. The van der Waals surface area contributed by atoms with Crippen LogP contribution in [0.15, 0.2) is 22.5 Å². The Morgan fingerprint density at radius 1 is 1.42 bits per heavy atom. The maximum absolute atomic E-state index is 12.2. The van der Waals surface area contributed by atoms with Gasteiger partial charge >= 0.3 is 6.02 Å². The minimum absolute atomic E-state index is 0.239. The molecule has 0 fully saturated rings. The van der Waals surface area contributed by atoms with Gasteiger partial charge in [0.1, 0.15) is 0 Å². The quantitative estimate of drug-likeness (QED) is 0.361. The molecule has 0 unspecified atom stereocenters. The molecule has 0 heterocycles. The van der Waals surface area contributed by atoms with Gasteiger partial charge in [0.25, 0.3) is 0 Å². The zero-order valence-electron chi connectivity index (χ0n) is 6.97. The lowest BCUT2D eigenvalue weighted by Crippen LogP contribution is -2.02. The van der Waals surface area contributed by atoms with Crippen LogP contribution in [0.25, 0.3) is 0 Å². The molecule has 0 saturated carbocycles. The van der Waals surface area contributed by atoms with Gasteiger partial charge in [-0.05, 0) is 13.5 Å². The van der Waals surface area contributed by atoms with Gasteiger partial charge in [-0.2, -0.15) is 18.8 Å². The first kappa shape index (κ1) is 10.7. The minimum Gasteiger partial charge on any atom is -0.464 e. The molecular weight excluding hydrogens is 166 g/mol. The fourth-order valence-electron chi connectivity index (χ4n) is 0.454. The number of halogens is 2. The van der Waals surface area contributed by atoms with Crippen molar-refractivity contribution in [2.75, 3.05) is 6.61 Å². The molecule has 68 valence electrons. The number of hydrogen-bond donors (Lipinski definition) is 0. The van der Waals surface area contributed by atoms with Crippen molar-refractivity contribution in [2.45, 2.75) is 13.8 Å². The Bertz CT molecular complexity index is 219. The third-order valence-electron chi connectivity index (χ3n) is 0.740. The number of amidine groups is 1. The van der Waals surface area contributed by atoms with Gasteiger partial charge in [-0.15, -0.1) is 0 Å². The highest BCUT2D eigenvalue weighted by molar-refractivity contribution is 5.88.